The van der Waals surface area contributed by atoms with Crippen LogP contribution in [-0.2, 0) is 23.9 Å². The fourth-order valence-electron chi connectivity index (χ4n) is 1.62. The van der Waals surface area contributed by atoms with Gasteiger partial charge >= 0.3 is 12.2 Å². The third-order valence-corrected chi connectivity index (χ3v) is 2.70. The van der Waals surface area contributed by atoms with E-state index >= 15 is 0 Å². The smallest absolute Gasteiger partial charge is 0.328 e. The van der Waals surface area contributed by atoms with Gasteiger partial charge in [0.25, 0.3) is 0 Å². The minimum atomic E-state index is -0.940. The number of carbonyl (C=O) groups excluding carboxylic acids is 3. The molecule has 0 aliphatic heterocycles. The molecule has 124 valence electrons. The molecule has 0 aromatic rings. The van der Waals surface area contributed by atoms with E-state index in [4.69, 9.17) is 15.0 Å². The number of carbonyl (C=O) groups is 3. The molecular formula is C14H23N3O5. The molecule has 0 unspecified atom stereocenters. The van der Waals surface area contributed by atoms with Gasteiger partial charge in [-0.25, -0.2) is 4.79 Å². The third kappa shape index (κ3) is 8.28. The summed E-state index contributed by atoms with van der Waals surface area (Å²) in [5.74, 6) is -1.87. The Kier molecular flexibility index (Phi) is 9.65. The quantitative estimate of drug-likeness (QED) is 0.270. The number of hydrogen-bond acceptors (Lipinski definition) is 5. The van der Waals surface area contributed by atoms with Crippen molar-refractivity contribution in [2.45, 2.75) is 45.8 Å². The van der Waals surface area contributed by atoms with E-state index in [1.165, 1.54) is 7.11 Å². The summed E-state index contributed by atoms with van der Waals surface area (Å²) in [5.41, 5.74) is 8.28. The van der Waals surface area contributed by atoms with Crippen molar-refractivity contribution in [3.63, 3.8) is 0 Å². The molecule has 0 rings (SSSR count). The van der Waals surface area contributed by atoms with Gasteiger partial charge in [-0.05, 0) is 20.3 Å². The van der Waals surface area contributed by atoms with Crippen molar-refractivity contribution >= 4 is 23.9 Å². The highest BCUT2D eigenvalue weighted by Gasteiger charge is 2.26. The first-order chi connectivity index (χ1) is 10.3. The fraction of sp³-hybridized carbons (Fsp3) is 0.714. The number of ether oxygens (including phenoxy) is 2. The molecule has 0 aromatic carbocycles. The van der Waals surface area contributed by atoms with Crippen LogP contribution < -0.4 is 5.32 Å². The Hall–Kier alpha value is -2.05. The van der Waals surface area contributed by atoms with Crippen LogP contribution in [0.4, 0.5) is 0 Å². The van der Waals surface area contributed by atoms with Crippen molar-refractivity contribution in [3.8, 4) is 0 Å². The first kappa shape index (κ1) is 19.9. The van der Waals surface area contributed by atoms with Crippen LogP contribution in [0, 0.1) is 5.92 Å². The maximum atomic E-state index is 12.0. The molecule has 0 spiro atoms. The number of esters is 1. The third-order valence-electron chi connectivity index (χ3n) is 2.70. The number of hydrogen-bond donors (Lipinski definition) is 1. The molecule has 0 heterocycles. The van der Waals surface area contributed by atoms with Crippen molar-refractivity contribution in [3.05, 3.63) is 5.53 Å². The lowest BCUT2D eigenvalue weighted by atomic mass is 10.1. The number of nitrogens with one attached hydrogen (secondary N) is 1. The molecule has 8 heteroatoms. The lowest BCUT2D eigenvalue weighted by Gasteiger charge is -2.20. The SMILES string of the molecule is COC[C@@H](C)C(=O)N[C@@H](CCC(=O)C=[N+]=[N-])C(=O)OC(C)C. The van der Waals surface area contributed by atoms with Crippen molar-refractivity contribution in [2.75, 3.05) is 13.7 Å². The van der Waals surface area contributed by atoms with Crippen LogP contribution in [0.2, 0.25) is 0 Å². The van der Waals surface area contributed by atoms with Crippen LogP contribution >= 0.6 is 0 Å². The molecule has 0 bridgehead atoms. The van der Waals surface area contributed by atoms with E-state index in [9.17, 15) is 14.4 Å². The highest BCUT2D eigenvalue weighted by Crippen LogP contribution is 2.05. The molecular weight excluding hydrogens is 290 g/mol. The zero-order chi connectivity index (χ0) is 17.1. The van der Waals surface area contributed by atoms with Gasteiger partial charge in [-0.3, -0.25) is 9.59 Å². The average Bonchev–Trinajstić information content (AvgIpc) is 2.42. The number of amides is 1. The molecule has 0 aliphatic rings. The molecule has 0 aromatic heterocycles. The Labute approximate surface area is 129 Å². The average molecular weight is 313 g/mol. The Morgan fingerprint density at radius 1 is 1.27 bits per heavy atom. The predicted octanol–water partition coefficient (Wildman–Crippen LogP) is 0.355. The molecule has 22 heavy (non-hydrogen) atoms. The summed E-state index contributed by atoms with van der Waals surface area (Å²) in [5, 5.41) is 2.55. The van der Waals surface area contributed by atoms with Crippen LogP contribution in [-0.4, -0.2) is 54.5 Å². The first-order valence-electron chi connectivity index (χ1n) is 7.01. The number of methoxy groups -OCH3 is 1. The Morgan fingerprint density at radius 2 is 1.91 bits per heavy atom. The van der Waals surface area contributed by atoms with Crippen molar-refractivity contribution in [1.82, 2.24) is 5.32 Å². The van der Waals surface area contributed by atoms with E-state index in [0.29, 0.717) is 0 Å². The van der Waals surface area contributed by atoms with Crippen LogP contribution in [0.15, 0.2) is 0 Å². The number of rotatable bonds is 10. The standard InChI is InChI=1S/C14H23N3O5/c1-9(2)22-14(20)12(6-5-11(18)7-16-15)17-13(19)10(3)8-21-4/h7,9-10,12H,5-6,8H2,1-4H3,(H,17,19)/t10-,12+/m1/s1. The van der Waals surface area contributed by atoms with E-state index in [-0.39, 0.29) is 31.5 Å². The van der Waals surface area contributed by atoms with E-state index in [0.717, 1.165) is 6.21 Å². The number of nitrogens with zero attached hydrogens (tertiary/aromatic N) is 2. The Bertz CT molecular complexity index is 444. The summed E-state index contributed by atoms with van der Waals surface area (Å²) in [6, 6.07) is -0.940. The molecule has 0 saturated carbocycles. The highest BCUT2D eigenvalue weighted by molar-refractivity contribution is 6.25. The van der Waals surface area contributed by atoms with Crippen LogP contribution in [0.3, 0.4) is 0 Å². The topological polar surface area (TPSA) is 118 Å². The van der Waals surface area contributed by atoms with Gasteiger partial charge in [0.15, 0.2) is 0 Å². The summed E-state index contributed by atoms with van der Waals surface area (Å²) >= 11 is 0. The summed E-state index contributed by atoms with van der Waals surface area (Å²) in [6.07, 6.45) is 0.418. The second-order valence-electron chi connectivity index (χ2n) is 5.15. The molecule has 1 N–H and O–H groups in total. The van der Waals surface area contributed by atoms with Crippen LogP contribution in [0.1, 0.15) is 33.6 Å². The Balaban J connectivity index is 4.77. The van der Waals surface area contributed by atoms with Crippen molar-refractivity contribution < 1.29 is 28.6 Å². The molecule has 2 atom stereocenters. The van der Waals surface area contributed by atoms with Crippen LogP contribution in [0.5, 0.6) is 0 Å². The lowest BCUT2D eigenvalue weighted by molar-refractivity contribution is -0.152. The van der Waals surface area contributed by atoms with Gasteiger partial charge in [0.05, 0.1) is 18.6 Å². The second-order valence-corrected chi connectivity index (χ2v) is 5.15. The first-order valence-corrected chi connectivity index (χ1v) is 7.01. The summed E-state index contributed by atoms with van der Waals surface area (Å²) in [7, 11) is 1.47. The van der Waals surface area contributed by atoms with E-state index in [2.05, 4.69) is 10.1 Å². The lowest BCUT2D eigenvalue weighted by Crippen LogP contribution is -2.45. The second kappa shape index (κ2) is 10.6. The van der Waals surface area contributed by atoms with E-state index in [1.807, 2.05) is 0 Å². The molecule has 0 fully saturated rings. The monoisotopic (exact) mass is 313 g/mol. The zero-order valence-electron chi connectivity index (χ0n) is 13.4. The highest BCUT2D eigenvalue weighted by atomic mass is 16.5. The minimum Gasteiger partial charge on any atom is -0.461 e. The Morgan fingerprint density at radius 3 is 2.41 bits per heavy atom. The van der Waals surface area contributed by atoms with Gasteiger partial charge in [-0.15, -0.1) is 0 Å². The molecule has 8 nitrogen and oxygen atoms in total. The number of Topliss-reactive ketones (excluding diaryl/α,β-unsaturated/α-hetero) is 1. The fourth-order valence-corrected chi connectivity index (χ4v) is 1.62. The van der Waals surface area contributed by atoms with Crippen molar-refractivity contribution in [2.24, 2.45) is 5.92 Å². The maximum absolute atomic E-state index is 12.0. The van der Waals surface area contributed by atoms with Crippen LogP contribution in [0.25, 0.3) is 5.53 Å². The normalized spacial score (nSPS) is 13.0. The van der Waals surface area contributed by atoms with Gasteiger partial charge in [0.2, 0.25) is 11.7 Å². The van der Waals surface area contributed by atoms with Crippen molar-refractivity contribution in [1.29, 1.82) is 0 Å². The molecule has 1 amide bonds. The zero-order valence-corrected chi connectivity index (χ0v) is 13.4. The summed E-state index contributed by atoms with van der Waals surface area (Å²) in [4.78, 5) is 37.9. The van der Waals surface area contributed by atoms with Gasteiger partial charge in [-0.1, -0.05) is 6.92 Å². The largest absolute Gasteiger partial charge is 0.461 e. The van der Waals surface area contributed by atoms with Gasteiger partial charge < -0.3 is 20.3 Å². The minimum absolute atomic E-state index is 0.0547. The predicted molar refractivity (Wildman–Crippen MR) is 78.1 cm³/mol. The van der Waals surface area contributed by atoms with Gasteiger partial charge in [0.1, 0.15) is 6.04 Å². The molecule has 0 saturated heterocycles. The van der Waals surface area contributed by atoms with Gasteiger partial charge in [0, 0.05) is 13.5 Å². The van der Waals surface area contributed by atoms with Gasteiger partial charge in [-0.2, -0.15) is 4.79 Å². The van der Waals surface area contributed by atoms with E-state index < -0.39 is 23.7 Å². The summed E-state index contributed by atoms with van der Waals surface area (Å²) in [6.45, 7) is 5.25. The summed E-state index contributed by atoms with van der Waals surface area (Å²) < 4.78 is 9.95. The van der Waals surface area contributed by atoms with E-state index in [1.54, 1.807) is 20.8 Å². The molecule has 0 aliphatic carbocycles. The maximum Gasteiger partial charge on any atom is 0.328 e. The molecule has 0 radical (unpaired) electrons. The number of ketones is 1.